The summed E-state index contributed by atoms with van der Waals surface area (Å²) in [4.78, 5) is 16.3. The molecule has 0 aliphatic rings. The first-order valence-corrected chi connectivity index (χ1v) is 9.42. The smallest absolute Gasteiger partial charge is 0.407 e. The minimum Gasteiger partial charge on any atom is -0.493 e. The number of aliphatic imine (C=N–C) groups is 1. The van der Waals surface area contributed by atoms with Gasteiger partial charge in [-0.1, -0.05) is 19.4 Å². The van der Waals surface area contributed by atoms with Crippen LogP contribution in [0.5, 0.6) is 11.5 Å². The van der Waals surface area contributed by atoms with Crippen LogP contribution in [0.25, 0.3) is 0 Å². The Hall–Kier alpha value is -2.64. The number of rotatable bonds is 9. The molecule has 0 saturated carbocycles. The molecule has 1 atom stereocenters. The average Bonchev–Trinajstić information content (AvgIpc) is 2.62. The van der Waals surface area contributed by atoms with Crippen LogP contribution in [0.4, 0.5) is 4.79 Å². The summed E-state index contributed by atoms with van der Waals surface area (Å²) in [5.74, 6) is 1.62. The second-order valence-electron chi connectivity index (χ2n) is 7.40. The van der Waals surface area contributed by atoms with E-state index in [1.54, 1.807) is 14.2 Å². The zero-order chi connectivity index (χ0) is 21.2. The van der Waals surface area contributed by atoms with Crippen molar-refractivity contribution in [2.45, 2.75) is 58.7 Å². The molecule has 1 aromatic carbocycles. The predicted octanol–water partition coefficient (Wildman–Crippen LogP) is 2.80. The summed E-state index contributed by atoms with van der Waals surface area (Å²) in [5.41, 5.74) is 6.37. The SMILES string of the molecule is CCCC(CNC(N)=NCc1ccc(OC)c(OC)c1)NC(=O)OC(C)(C)C. The molecular weight excluding hydrogens is 360 g/mol. The second-order valence-corrected chi connectivity index (χ2v) is 7.40. The van der Waals surface area contributed by atoms with Crippen molar-refractivity contribution in [1.82, 2.24) is 10.6 Å². The Morgan fingerprint density at radius 1 is 1.21 bits per heavy atom. The zero-order valence-electron chi connectivity index (χ0n) is 17.8. The van der Waals surface area contributed by atoms with Crippen LogP contribution in [0.15, 0.2) is 23.2 Å². The third kappa shape index (κ3) is 8.83. The fraction of sp³-hybridized carbons (Fsp3) is 0.600. The second kappa shape index (κ2) is 11.3. The van der Waals surface area contributed by atoms with Crippen molar-refractivity contribution < 1.29 is 19.0 Å². The highest BCUT2D eigenvalue weighted by atomic mass is 16.6. The van der Waals surface area contributed by atoms with Crippen molar-refractivity contribution in [2.75, 3.05) is 20.8 Å². The van der Waals surface area contributed by atoms with E-state index >= 15 is 0 Å². The standard InChI is InChI=1S/C20H34N4O4/c1-7-8-15(24-19(25)28-20(2,3)4)13-23-18(21)22-12-14-9-10-16(26-5)17(11-14)27-6/h9-11,15H,7-8,12-13H2,1-6H3,(H,24,25)(H3,21,22,23). The summed E-state index contributed by atoms with van der Waals surface area (Å²) < 4.78 is 15.8. The molecule has 1 unspecified atom stereocenters. The molecule has 1 rings (SSSR count). The van der Waals surface area contributed by atoms with E-state index in [-0.39, 0.29) is 6.04 Å². The van der Waals surface area contributed by atoms with Crippen molar-refractivity contribution in [3.05, 3.63) is 23.8 Å². The Bertz CT molecular complexity index is 656. The maximum atomic E-state index is 12.0. The van der Waals surface area contributed by atoms with Gasteiger partial charge in [0.1, 0.15) is 5.60 Å². The number of carbonyl (C=O) groups excluding carboxylic acids is 1. The van der Waals surface area contributed by atoms with Crippen molar-refractivity contribution >= 4 is 12.1 Å². The van der Waals surface area contributed by atoms with Crippen LogP contribution in [0.1, 0.15) is 46.1 Å². The number of carbonyl (C=O) groups is 1. The molecule has 28 heavy (non-hydrogen) atoms. The molecule has 0 heterocycles. The fourth-order valence-electron chi connectivity index (χ4n) is 2.49. The van der Waals surface area contributed by atoms with Crippen LogP contribution in [-0.2, 0) is 11.3 Å². The molecule has 0 aliphatic carbocycles. The Labute approximate surface area is 167 Å². The van der Waals surface area contributed by atoms with Gasteiger partial charge in [-0.2, -0.15) is 0 Å². The molecule has 1 amide bonds. The van der Waals surface area contributed by atoms with Crippen LogP contribution >= 0.6 is 0 Å². The van der Waals surface area contributed by atoms with Gasteiger partial charge in [0.05, 0.1) is 20.8 Å². The number of methoxy groups -OCH3 is 2. The maximum absolute atomic E-state index is 12.0. The molecule has 0 saturated heterocycles. The van der Waals surface area contributed by atoms with E-state index in [2.05, 4.69) is 22.5 Å². The topological polar surface area (TPSA) is 107 Å². The molecule has 0 fully saturated rings. The van der Waals surface area contributed by atoms with Gasteiger partial charge >= 0.3 is 6.09 Å². The number of nitrogens with zero attached hydrogens (tertiary/aromatic N) is 1. The van der Waals surface area contributed by atoms with Gasteiger partial charge in [-0.3, -0.25) is 0 Å². The van der Waals surface area contributed by atoms with E-state index in [1.165, 1.54) is 0 Å². The monoisotopic (exact) mass is 394 g/mol. The van der Waals surface area contributed by atoms with Crippen molar-refractivity contribution in [1.29, 1.82) is 0 Å². The predicted molar refractivity (Wildman–Crippen MR) is 111 cm³/mol. The van der Waals surface area contributed by atoms with Gasteiger partial charge in [0.2, 0.25) is 0 Å². The first-order chi connectivity index (χ1) is 13.2. The highest BCUT2D eigenvalue weighted by Crippen LogP contribution is 2.27. The van der Waals surface area contributed by atoms with Gasteiger partial charge in [-0.15, -0.1) is 0 Å². The molecular formula is C20H34N4O4. The summed E-state index contributed by atoms with van der Waals surface area (Å²) in [7, 11) is 3.18. The van der Waals surface area contributed by atoms with Crippen LogP contribution in [0.3, 0.4) is 0 Å². The van der Waals surface area contributed by atoms with E-state index < -0.39 is 11.7 Å². The van der Waals surface area contributed by atoms with E-state index in [4.69, 9.17) is 19.9 Å². The van der Waals surface area contributed by atoms with Crippen molar-refractivity contribution in [2.24, 2.45) is 10.7 Å². The van der Waals surface area contributed by atoms with Crippen LogP contribution < -0.4 is 25.8 Å². The van der Waals surface area contributed by atoms with E-state index in [9.17, 15) is 4.79 Å². The molecule has 0 aliphatic heterocycles. The number of amides is 1. The van der Waals surface area contributed by atoms with Gasteiger partial charge in [-0.05, 0) is 44.9 Å². The Kier molecular flexibility index (Phi) is 9.41. The number of hydrogen-bond acceptors (Lipinski definition) is 5. The average molecular weight is 395 g/mol. The van der Waals surface area contributed by atoms with E-state index in [0.29, 0.717) is 30.5 Å². The molecule has 0 spiro atoms. The van der Waals surface area contributed by atoms with Gasteiger partial charge < -0.3 is 30.6 Å². The van der Waals surface area contributed by atoms with Crippen LogP contribution in [-0.4, -0.2) is 44.5 Å². The zero-order valence-corrected chi connectivity index (χ0v) is 17.8. The fourth-order valence-corrected chi connectivity index (χ4v) is 2.49. The quantitative estimate of drug-likeness (QED) is 0.439. The molecule has 0 bridgehead atoms. The largest absolute Gasteiger partial charge is 0.493 e. The van der Waals surface area contributed by atoms with Crippen molar-refractivity contribution in [3.8, 4) is 11.5 Å². The lowest BCUT2D eigenvalue weighted by molar-refractivity contribution is 0.0502. The summed E-state index contributed by atoms with van der Waals surface area (Å²) in [6.07, 6.45) is 1.29. The van der Waals surface area contributed by atoms with Gasteiger partial charge in [0, 0.05) is 12.6 Å². The Morgan fingerprint density at radius 2 is 1.89 bits per heavy atom. The number of nitrogens with one attached hydrogen (secondary N) is 2. The Balaban J connectivity index is 2.59. The first-order valence-electron chi connectivity index (χ1n) is 9.42. The van der Waals surface area contributed by atoms with Crippen molar-refractivity contribution in [3.63, 3.8) is 0 Å². The minimum atomic E-state index is -0.534. The summed E-state index contributed by atoms with van der Waals surface area (Å²) >= 11 is 0. The molecule has 8 heteroatoms. The molecule has 8 nitrogen and oxygen atoms in total. The number of hydrogen-bond donors (Lipinski definition) is 3. The normalized spacial score (nSPS) is 12.9. The maximum Gasteiger partial charge on any atom is 0.407 e. The summed E-state index contributed by atoms with van der Waals surface area (Å²) in [6, 6.07) is 5.49. The lowest BCUT2D eigenvalue weighted by atomic mass is 10.1. The molecule has 4 N–H and O–H groups in total. The lowest BCUT2D eigenvalue weighted by Crippen LogP contribution is -2.47. The molecule has 0 aromatic heterocycles. The molecule has 158 valence electrons. The van der Waals surface area contributed by atoms with Gasteiger partial charge in [0.25, 0.3) is 0 Å². The highest BCUT2D eigenvalue weighted by Gasteiger charge is 2.19. The number of ether oxygens (including phenoxy) is 3. The summed E-state index contributed by atoms with van der Waals surface area (Å²) in [5, 5.41) is 5.93. The minimum absolute atomic E-state index is 0.102. The van der Waals surface area contributed by atoms with E-state index in [0.717, 1.165) is 18.4 Å². The van der Waals surface area contributed by atoms with Gasteiger partial charge in [-0.25, -0.2) is 9.79 Å². The highest BCUT2D eigenvalue weighted by molar-refractivity contribution is 5.78. The number of alkyl carbamates (subject to hydrolysis) is 1. The summed E-state index contributed by atoms with van der Waals surface area (Å²) in [6.45, 7) is 8.42. The third-order valence-corrected chi connectivity index (χ3v) is 3.77. The molecule has 1 aromatic rings. The first kappa shape index (κ1) is 23.4. The van der Waals surface area contributed by atoms with Gasteiger partial charge in [0.15, 0.2) is 17.5 Å². The lowest BCUT2D eigenvalue weighted by Gasteiger charge is -2.23. The molecule has 0 radical (unpaired) electrons. The van der Waals surface area contributed by atoms with Crippen LogP contribution in [0, 0.1) is 0 Å². The number of nitrogens with two attached hydrogens (primary N) is 1. The van der Waals surface area contributed by atoms with Crippen LogP contribution in [0.2, 0.25) is 0 Å². The number of benzene rings is 1. The number of guanidine groups is 1. The van der Waals surface area contributed by atoms with E-state index in [1.807, 2.05) is 39.0 Å². The third-order valence-electron chi connectivity index (χ3n) is 3.77. The Morgan fingerprint density at radius 3 is 2.46 bits per heavy atom.